The van der Waals surface area contributed by atoms with Crippen molar-refractivity contribution in [2.45, 2.75) is 0 Å². The Labute approximate surface area is 191 Å². The Balaban J connectivity index is 2.23. The van der Waals surface area contributed by atoms with Crippen LogP contribution < -0.4 is 25.8 Å². The second-order valence-electron chi connectivity index (χ2n) is 6.23. The van der Waals surface area contributed by atoms with Crippen LogP contribution in [0, 0.1) is 0 Å². The quantitative estimate of drug-likeness (QED) is 0.319. The van der Waals surface area contributed by atoms with Crippen molar-refractivity contribution in [2.75, 3.05) is 14.2 Å². The Kier molecular flexibility index (Phi) is 8.62. The number of guanidine groups is 1. The molecular formula is C23H23ClN4O4. The van der Waals surface area contributed by atoms with Crippen molar-refractivity contribution in [2.24, 2.45) is 10.7 Å². The van der Waals surface area contributed by atoms with Crippen LogP contribution in [0.3, 0.4) is 0 Å². The molecular weight excluding hydrogens is 432 g/mol. The molecule has 0 aliphatic carbocycles. The molecule has 0 spiro atoms. The molecule has 0 atom stereocenters. The van der Waals surface area contributed by atoms with Crippen molar-refractivity contribution in [3.63, 3.8) is 0 Å². The highest BCUT2D eigenvalue weighted by molar-refractivity contribution is 6.34. The van der Waals surface area contributed by atoms with Crippen LogP contribution in [-0.4, -0.2) is 32.0 Å². The molecule has 0 fully saturated rings. The molecule has 0 aliphatic heterocycles. The van der Waals surface area contributed by atoms with Crippen molar-refractivity contribution in [3.05, 3.63) is 89.6 Å². The Morgan fingerprint density at radius 3 is 2.25 bits per heavy atom. The molecule has 0 aliphatic rings. The number of carbonyl (C=O) groups is 2. The van der Waals surface area contributed by atoms with Gasteiger partial charge in [0.25, 0.3) is 11.8 Å². The fourth-order valence-electron chi connectivity index (χ4n) is 2.54. The highest BCUT2D eigenvalue weighted by Gasteiger charge is 2.14. The van der Waals surface area contributed by atoms with Crippen LogP contribution in [0.4, 0.5) is 5.69 Å². The van der Waals surface area contributed by atoms with Gasteiger partial charge in [0.05, 0.1) is 30.5 Å². The smallest absolute Gasteiger partial charge is 0.258 e. The van der Waals surface area contributed by atoms with E-state index >= 15 is 0 Å². The first-order valence-electron chi connectivity index (χ1n) is 9.26. The van der Waals surface area contributed by atoms with Gasteiger partial charge in [-0.2, -0.15) is 0 Å². The number of hydrogen-bond acceptors (Lipinski definition) is 5. The van der Waals surface area contributed by atoms with E-state index < -0.39 is 11.8 Å². The minimum absolute atomic E-state index is 0.168. The molecule has 0 radical (unpaired) electrons. The largest absolute Gasteiger partial charge is 0.497 e. The summed E-state index contributed by atoms with van der Waals surface area (Å²) in [5, 5.41) is 5.35. The molecule has 2 rings (SSSR count). The average molecular weight is 455 g/mol. The van der Waals surface area contributed by atoms with E-state index in [-0.39, 0.29) is 22.1 Å². The molecule has 0 unspecified atom stereocenters. The molecule has 4 N–H and O–H groups in total. The maximum absolute atomic E-state index is 12.5. The summed E-state index contributed by atoms with van der Waals surface area (Å²) in [5.41, 5.74) is 7.08. The lowest BCUT2D eigenvalue weighted by Gasteiger charge is -2.10. The number of rotatable bonds is 8. The maximum Gasteiger partial charge on any atom is 0.258 e. The number of ether oxygens (including phenoxy) is 2. The van der Waals surface area contributed by atoms with Gasteiger partial charge < -0.3 is 20.5 Å². The predicted molar refractivity (Wildman–Crippen MR) is 126 cm³/mol. The molecule has 166 valence electrons. The number of carbonyl (C=O) groups excluding carboxylic acids is 2. The Morgan fingerprint density at radius 1 is 1.03 bits per heavy atom. The molecule has 9 heteroatoms. The number of benzene rings is 2. The zero-order chi connectivity index (χ0) is 23.7. The van der Waals surface area contributed by atoms with Gasteiger partial charge in [-0.3, -0.25) is 14.9 Å². The number of aliphatic imine (C=N–C) groups is 1. The second kappa shape index (κ2) is 11.4. The molecule has 0 saturated heterocycles. The van der Waals surface area contributed by atoms with Crippen LogP contribution in [0.25, 0.3) is 0 Å². The van der Waals surface area contributed by atoms with E-state index in [0.29, 0.717) is 22.9 Å². The van der Waals surface area contributed by atoms with E-state index in [1.165, 1.54) is 50.6 Å². The van der Waals surface area contributed by atoms with Crippen LogP contribution in [-0.2, 0) is 0 Å². The summed E-state index contributed by atoms with van der Waals surface area (Å²) >= 11 is 6.15. The summed E-state index contributed by atoms with van der Waals surface area (Å²) in [7, 11) is 2.96. The lowest BCUT2D eigenvalue weighted by atomic mass is 10.1. The minimum Gasteiger partial charge on any atom is -0.497 e. The van der Waals surface area contributed by atoms with Gasteiger partial charge in [-0.25, -0.2) is 4.99 Å². The summed E-state index contributed by atoms with van der Waals surface area (Å²) in [5.74, 6) is -0.263. The topological polar surface area (TPSA) is 115 Å². The van der Waals surface area contributed by atoms with Gasteiger partial charge in [-0.05, 0) is 42.5 Å². The lowest BCUT2D eigenvalue weighted by Crippen LogP contribution is -2.36. The lowest BCUT2D eigenvalue weighted by molar-refractivity contribution is 0.0962. The van der Waals surface area contributed by atoms with Gasteiger partial charge in [-0.15, -0.1) is 0 Å². The molecule has 0 aromatic heterocycles. The van der Waals surface area contributed by atoms with E-state index in [1.54, 1.807) is 18.2 Å². The molecule has 0 bridgehead atoms. The third kappa shape index (κ3) is 6.48. The second-order valence-corrected chi connectivity index (χ2v) is 6.64. The molecule has 2 aromatic rings. The third-order valence-electron chi connectivity index (χ3n) is 4.07. The Bertz CT molecular complexity index is 1090. The first kappa shape index (κ1) is 24.2. The first-order valence-corrected chi connectivity index (χ1v) is 9.63. The number of allylic oxidation sites excluding steroid dienone is 3. The van der Waals surface area contributed by atoms with Gasteiger partial charge in [0, 0.05) is 17.3 Å². The highest BCUT2D eigenvalue weighted by atomic mass is 35.5. The Morgan fingerprint density at radius 2 is 1.69 bits per heavy atom. The van der Waals surface area contributed by atoms with Crippen molar-refractivity contribution in [1.29, 1.82) is 0 Å². The van der Waals surface area contributed by atoms with Gasteiger partial charge in [0.15, 0.2) is 0 Å². The van der Waals surface area contributed by atoms with Gasteiger partial charge >= 0.3 is 0 Å². The van der Waals surface area contributed by atoms with Crippen LogP contribution in [0.5, 0.6) is 11.5 Å². The maximum atomic E-state index is 12.5. The van der Waals surface area contributed by atoms with Crippen LogP contribution in [0.2, 0.25) is 5.02 Å². The highest BCUT2D eigenvalue weighted by Crippen LogP contribution is 2.24. The normalized spacial score (nSPS) is 11.3. The minimum atomic E-state index is -0.513. The summed E-state index contributed by atoms with van der Waals surface area (Å²) in [6.45, 7) is 7.20. The number of nitrogens with two attached hydrogens (primary N) is 1. The van der Waals surface area contributed by atoms with Crippen molar-refractivity contribution in [3.8, 4) is 11.5 Å². The van der Waals surface area contributed by atoms with E-state index in [9.17, 15) is 9.59 Å². The number of methoxy groups -OCH3 is 2. The monoisotopic (exact) mass is 454 g/mol. The number of amides is 2. The molecule has 0 heterocycles. The zero-order valence-corrected chi connectivity index (χ0v) is 18.4. The van der Waals surface area contributed by atoms with E-state index in [0.717, 1.165) is 0 Å². The third-order valence-corrected chi connectivity index (χ3v) is 4.40. The molecule has 2 aromatic carbocycles. The summed E-state index contributed by atoms with van der Waals surface area (Å²) < 4.78 is 10.3. The van der Waals surface area contributed by atoms with Crippen molar-refractivity contribution < 1.29 is 19.1 Å². The number of halogens is 1. The van der Waals surface area contributed by atoms with Gasteiger partial charge in [0.1, 0.15) is 11.5 Å². The first-order chi connectivity index (χ1) is 15.3. The fraction of sp³-hybridized carbons (Fsp3) is 0.0870. The summed E-state index contributed by atoms with van der Waals surface area (Å²) in [4.78, 5) is 29.2. The summed E-state index contributed by atoms with van der Waals surface area (Å²) in [6.07, 6.45) is 4.57. The SMILES string of the molecule is C=C/C=C(\C=C)NC(=O)c1cc(N=C(N)NC(=O)c2cc(OC)cc(OC)c2)ccc1Cl. The van der Waals surface area contributed by atoms with Gasteiger partial charge in [0.2, 0.25) is 5.96 Å². The van der Waals surface area contributed by atoms with Crippen LogP contribution >= 0.6 is 11.6 Å². The van der Waals surface area contributed by atoms with Crippen molar-refractivity contribution in [1.82, 2.24) is 10.6 Å². The summed E-state index contributed by atoms with van der Waals surface area (Å²) in [6, 6.07) is 9.20. The molecule has 32 heavy (non-hydrogen) atoms. The number of nitrogens with one attached hydrogen (secondary N) is 2. The fourth-order valence-corrected chi connectivity index (χ4v) is 2.74. The molecule has 2 amide bonds. The standard InChI is InChI=1S/C23H23ClN4O4/c1-5-7-15(6-2)26-22(30)19-12-16(8-9-20(19)24)27-23(25)28-21(29)14-10-17(31-3)13-18(11-14)32-4/h5-13H,1-2H2,3-4H3,(H,26,30)(H3,25,27,28,29)/b15-7+. The van der Waals surface area contributed by atoms with Gasteiger partial charge in [-0.1, -0.05) is 30.8 Å². The zero-order valence-electron chi connectivity index (χ0n) is 17.6. The Hall–Kier alpha value is -4.04. The predicted octanol–water partition coefficient (Wildman–Crippen LogP) is 3.72. The van der Waals surface area contributed by atoms with Crippen molar-refractivity contribution >= 4 is 35.1 Å². The van der Waals surface area contributed by atoms with Crippen LogP contribution in [0.1, 0.15) is 20.7 Å². The number of nitrogens with zero attached hydrogens (tertiary/aromatic N) is 1. The number of hydrogen-bond donors (Lipinski definition) is 3. The van der Waals surface area contributed by atoms with E-state index in [2.05, 4.69) is 28.8 Å². The van der Waals surface area contributed by atoms with Crippen LogP contribution in [0.15, 0.2) is 78.5 Å². The molecule has 0 saturated carbocycles. The van der Waals surface area contributed by atoms with E-state index in [1.807, 2.05) is 0 Å². The average Bonchev–Trinajstić information content (AvgIpc) is 2.79. The van der Waals surface area contributed by atoms with E-state index in [4.69, 9.17) is 26.8 Å². The molecule has 8 nitrogen and oxygen atoms in total.